The number of carbonyl (C=O) groups is 2. The van der Waals surface area contributed by atoms with Crippen LogP contribution in [-0.2, 0) is 11.3 Å². The van der Waals surface area contributed by atoms with Gasteiger partial charge in [0.25, 0.3) is 0 Å². The van der Waals surface area contributed by atoms with Crippen LogP contribution in [0.15, 0.2) is 36.7 Å². The topological polar surface area (TPSA) is 85.2 Å². The second kappa shape index (κ2) is 7.98. The molecule has 1 heterocycles. The van der Waals surface area contributed by atoms with E-state index < -0.39 is 5.97 Å². The second-order valence-corrected chi connectivity index (χ2v) is 5.05. The molecule has 0 aliphatic carbocycles. The second-order valence-electron chi connectivity index (χ2n) is 5.05. The predicted octanol–water partition coefficient (Wildman–Crippen LogP) is 2.19. The van der Waals surface area contributed by atoms with E-state index in [2.05, 4.69) is 20.5 Å². The molecule has 122 valence electrons. The van der Waals surface area contributed by atoms with E-state index in [1.807, 2.05) is 17.8 Å². The Balaban J connectivity index is 1.80. The number of methoxy groups -OCH3 is 1. The van der Waals surface area contributed by atoms with Gasteiger partial charge in [-0.3, -0.25) is 4.68 Å². The lowest BCUT2D eigenvalue weighted by atomic mass is 10.2. The highest BCUT2D eigenvalue weighted by Gasteiger charge is 2.12. The van der Waals surface area contributed by atoms with E-state index in [-0.39, 0.29) is 6.03 Å². The molecule has 1 aromatic heterocycles. The quantitative estimate of drug-likeness (QED) is 0.632. The maximum Gasteiger partial charge on any atom is 0.339 e. The van der Waals surface area contributed by atoms with Crippen molar-refractivity contribution in [1.29, 1.82) is 0 Å². The van der Waals surface area contributed by atoms with E-state index in [0.717, 1.165) is 18.5 Å². The number of amides is 2. The summed E-state index contributed by atoms with van der Waals surface area (Å²) in [7, 11) is 1.30. The summed E-state index contributed by atoms with van der Waals surface area (Å²) < 4.78 is 6.52. The molecular weight excluding hydrogens is 296 g/mol. The highest BCUT2D eigenvalue weighted by molar-refractivity contribution is 6.00. The van der Waals surface area contributed by atoms with Crippen molar-refractivity contribution in [2.24, 2.45) is 0 Å². The number of carbonyl (C=O) groups excluding carboxylic acids is 2. The van der Waals surface area contributed by atoms with Crippen LogP contribution in [0.4, 0.5) is 10.5 Å². The van der Waals surface area contributed by atoms with Gasteiger partial charge in [-0.15, -0.1) is 0 Å². The number of aromatic nitrogens is 2. The number of benzene rings is 1. The van der Waals surface area contributed by atoms with Crippen molar-refractivity contribution >= 4 is 17.7 Å². The van der Waals surface area contributed by atoms with Crippen LogP contribution in [0.5, 0.6) is 0 Å². The fourth-order valence-corrected chi connectivity index (χ4v) is 2.08. The minimum atomic E-state index is -0.491. The molecule has 7 nitrogen and oxygen atoms in total. The van der Waals surface area contributed by atoms with Crippen LogP contribution < -0.4 is 10.6 Å². The van der Waals surface area contributed by atoms with E-state index in [4.69, 9.17) is 0 Å². The highest BCUT2D eigenvalue weighted by atomic mass is 16.5. The number of hydrogen-bond donors (Lipinski definition) is 2. The minimum Gasteiger partial charge on any atom is -0.465 e. The van der Waals surface area contributed by atoms with Gasteiger partial charge in [0.15, 0.2) is 0 Å². The first-order valence-electron chi connectivity index (χ1n) is 7.31. The molecule has 2 rings (SSSR count). The Hall–Kier alpha value is -2.83. The summed E-state index contributed by atoms with van der Waals surface area (Å²) in [5.41, 5.74) is 1.84. The fraction of sp³-hybridized carbons (Fsp3) is 0.312. The van der Waals surface area contributed by atoms with Crippen LogP contribution in [0.1, 0.15) is 22.3 Å². The van der Waals surface area contributed by atoms with Gasteiger partial charge in [-0.25, -0.2) is 9.59 Å². The summed E-state index contributed by atoms with van der Waals surface area (Å²) in [6.45, 7) is 3.21. The summed E-state index contributed by atoms with van der Waals surface area (Å²) in [4.78, 5) is 23.5. The van der Waals surface area contributed by atoms with Gasteiger partial charge >= 0.3 is 12.0 Å². The zero-order valence-electron chi connectivity index (χ0n) is 13.2. The maximum atomic E-state index is 11.9. The zero-order valence-corrected chi connectivity index (χ0v) is 13.2. The van der Waals surface area contributed by atoms with Gasteiger partial charge in [0, 0.05) is 19.3 Å². The van der Waals surface area contributed by atoms with Crippen LogP contribution in [0.25, 0.3) is 0 Å². The van der Waals surface area contributed by atoms with Crippen molar-refractivity contribution in [3.8, 4) is 0 Å². The number of esters is 1. The Morgan fingerprint density at radius 3 is 2.78 bits per heavy atom. The van der Waals surface area contributed by atoms with Crippen molar-refractivity contribution in [3.63, 3.8) is 0 Å². The molecule has 7 heteroatoms. The van der Waals surface area contributed by atoms with Crippen LogP contribution in [0, 0.1) is 6.92 Å². The Morgan fingerprint density at radius 1 is 1.30 bits per heavy atom. The number of para-hydroxylation sites is 1. The lowest BCUT2D eigenvalue weighted by molar-refractivity contribution is 0.0602. The third kappa shape index (κ3) is 4.84. The van der Waals surface area contributed by atoms with E-state index in [0.29, 0.717) is 17.8 Å². The number of urea groups is 1. The molecule has 0 unspecified atom stereocenters. The molecule has 0 saturated carbocycles. The molecule has 0 fully saturated rings. The third-order valence-corrected chi connectivity index (χ3v) is 3.19. The number of hydrogen-bond acceptors (Lipinski definition) is 4. The SMILES string of the molecule is COC(=O)c1ccccc1NC(=O)NCCCn1cc(C)cn1. The summed E-state index contributed by atoms with van der Waals surface area (Å²) in [6.07, 6.45) is 4.50. The van der Waals surface area contributed by atoms with E-state index >= 15 is 0 Å². The molecule has 0 radical (unpaired) electrons. The average molecular weight is 316 g/mol. The number of anilines is 1. The molecule has 0 atom stereocenters. The van der Waals surface area contributed by atoms with Crippen molar-refractivity contribution in [2.75, 3.05) is 19.0 Å². The van der Waals surface area contributed by atoms with Crippen LogP contribution in [0.3, 0.4) is 0 Å². The van der Waals surface area contributed by atoms with Crippen LogP contribution in [-0.4, -0.2) is 35.4 Å². The van der Waals surface area contributed by atoms with Gasteiger partial charge in [0.1, 0.15) is 0 Å². The highest BCUT2D eigenvalue weighted by Crippen LogP contribution is 2.15. The number of rotatable bonds is 6. The molecule has 0 aliphatic heterocycles. The Morgan fingerprint density at radius 2 is 2.09 bits per heavy atom. The predicted molar refractivity (Wildman–Crippen MR) is 86.4 cm³/mol. The van der Waals surface area contributed by atoms with E-state index in [9.17, 15) is 9.59 Å². The zero-order chi connectivity index (χ0) is 16.7. The molecule has 0 bridgehead atoms. The minimum absolute atomic E-state index is 0.317. The number of aryl methyl sites for hydroxylation is 2. The lowest BCUT2D eigenvalue weighted by Gasteiger charge is -2.10. The lowest BCUT2D eigenvalue weighted by Crippen LogP contribution is -2.30. The monoisotopic (exact) mass is 316 g/mol. The molecule has 1 aromatic carbocycles. The van der Waals surface area contributed by atoms with Crippen molar-refractivity contribution in [2.45, 2.75) is 19.9 Å². The van der Waals surface area contributed by atoms with Gasteiger partial charge in [-0.1, -0.05) is 12.1 Å². The van der Waals surface area contributed by atoms with Crippen molar-refractivity contribution < 1.29 is 14.3 Å². The van der Waals surface area contributed by atoms with Crippen molar-refractivity contribution in [1.82, 2.24) is 15.1 Å². The summed E-state index contributed by atoms with van der Waals surface area (Å²) in [5.74, 6) is -0.491. The van der Waals surface area contributed by atoms with Crippen LogP contribution in [0.2, 0.25) is 0 Å². The van der Waals surface area contributed by atoms with E-state index in [1.54, 1.807) is 30.5 Å². The van der Waals surface area contributed by atoms with Crippen LogP contribution >= 0.6 is 0 Å². The van der Waals surface area contributed by atoms with Gasteiger partial charge in [0.05, 0.1) is 24.6 Å². The number of nitrogens with one attached hydrogen (secondary N) is 2. The molecule has 0 spiro atoms. The average Bonchev–Trinajstić information content (AvgIpc) is 2.97. The van der Waals surface area contributed by atoms with Gasteiger partial charge in [0.2, 0.25) is 0 Å². The smallest absolute Gasteiger partial charge is 0.339 e. The normalized spacial score (nSPS) is 10.2. The first kappa shape index (κ1) is 16.5. The molecule has 0 saturated heterocycles. The largest absolute Gasteiger partial charge is 0.465 e. The standard InChI is InChI=1S/C16H20N4O3/c1-12-10-18-20(11-12)9-5-8-17-16(22)19-14-7-4-3-6-13(14)15(21)23-2/h3-4,6-7,10-11H,5,8-9H2,1-2H3,(H2,17,19,22). The van der Waals surface area contributed by atoms with E-state index in [1.165, 1.54) is 7.11 Å². The molecule has 0 aliphatic rings. The summed E-state index contributed by atoms with van der Waals surface area (Å²) >= 11 is 0. The molecular formula is C16H20N4O3. The first-order valence-corrected chi connectivity index (χ1v) is 7.31. The first-order chi connectivity index (χ1) is 11.1. The molecule has 2 aromatic rings. The Labute approximate surface area is 134 Å². The Kier molecular flexibility index (Phi) is 5.74. The van der Waals surface area contributed by atoms with Gasteiger partial charge < -0.3 is 15.4 Å². The third-order valence-electron chi connectivity index (χ3n) is 3.19. The number of nitrogens with zero attached hydrogens (tertiary/aromatic N) is 2. The summed E-state index contributed by atoms with van der Waals surface area (Å²) in [5, 5.41) is 9.58. The number of ether oxygens (including phenoxy) is 1. The molecule has 2 amide bonds. The Bertz CT molecular complexity index is 681. The summed E-state index contributed by atoms with van der Waals surface area (Å²) in [6, 6.07) is 6.33. The van der Waals surface area contributed by atoms with Gasteiger partial charge in [-0.2, -0.15) is 5.10 Å². The van der Waals surface area contributed by atoms with Crippen molar-refractivity contribution in [3.05, 3.63) is 47.8 Å². The van der Waals surface area contributed by atoms with Gasteiger partial charge in [-0.05, 0) is 31.0 Å². The molecule has 2 N–H and O–H groups in total. The maximum absolute atomic E-state index is 11.9. The fourth-order valence-electron chi connectivity index (χ4n) is 2.08. The molecule has 23 heavy (non-hydrogen) atoms.